The first kappa shape index (κ1) is 17.5. The van der Waals surface area contributed by atoms with Crippen LogP contribution >= 0.6 is 0 Å². The number of carbonyl (C=O) groups excluding carboxylic acids is 1. The minimum atomic E-state index is -4.37. The van der Waals surface area contributed by atoms with Crippen LogP contribution in [0.5, 0.6) is 0 Å². The number of methoxy groups -OCH3 is 1. The van der Waals surface area contributed by atoms with Crippen LogP contribution in [0, 0.1) is 0 Å². The van der Waals surface area contributed by atoms with Crippen molar-refractivity contribution in [2.45, 2.75) is 19.0 Å². The molecular weight excluding hydrogens is 285 g/mol. The molecule has 4 nitrogen and oxygen atoms in total. The van der Waals surface area contributed by atoms with E-state index in [1.807, 2.05) is 0 Å². The van der Waals surface area contributed by atoms with Crippen molar-refractivity contribution in [2.75, 3.05) is 32.1 Å². The smallest absolute Gasteiger partial charge is 0.385 e. The van der Waals surface area contributed by atoms with Crippen molar-refractivity contribution < 1.29 is 22.7 Å². The van der Waals surface area contributed by atoms with Crippen molar-refractivity contribution in [3.8, 4) is 0 Å². The van der Waals surface area contributed by atoms with Gasteiger partial charge >= 0.3 is 6.18 Å². The molecule has 1 amide bonds. The Balaban J connectivity index is 2.28. The maximum absolute atomic E-state index is 12.4. The van der Waals surface area contributed by atoms with Crippen LogP contribution in [0.2, 0.25) is 0 Å². The van der Waals surface area contributed by atoms with E-state index in [0.29, 0.717) is 18.8 Å². The summed E-state index contributed by atoms with van der Waals surface area (Å²) < 4.78 is 42.0. The van der Waals surface area contributed by atoms with E-state index >= 15 is 0 Å². The van der Waals surface area contributed by atoms with Crippen LogP contribution < -0.4 is 10.6 Å². The highest BCUT2D eigenvalue weighted by atomic mass is 19.4. The van der Waals surface area contributed by atoms with Crippen molar-refractivity contribution >= 4 is 11.6 Å². The monoisotopic (exact) mass is 304 g/mol. The van der Waals surface area contributed by atoms with E-state index in [2.05, 4.69) is 10.6 Å². The molecule has 1 aromatic rings. The first-order valence-corrected chi connectivity index (χ1v) is 6.60. The van der Waals surface area contributed by atoms with Gasteiger partial charge in [0.2, 0.25) is 5.91 Å². The van der Waals surface area contributed by atoms with Crippen LogP contribution in [0.3, 0.4) is 0 Å². The van der Waals surface area contributed by atoms with Gasteiger partial charge in [-0.25, -0.2) is 0 Å². The normalized spacial score (nSPS) is 11.4. The molecule has 0 atom stereocenters. The van der Waals surface area contributed by atoms with Gasteiger partial charge in [0, 0.05) is 32.4 Å². The summed E-state index contributed by atoms with van der Waals surface area (Å²) in [6.07, 6.45) is -3.25. The van der Waals surface area contributed by atoms with Crippen LogP contribution in [0.25, 0.3) is 0 Å². The Morgan fingerprint density at radius 3 is 2.43 bits per heavy atom. The second-order valence-corrected chi connectivity index (χ2v) is 4.47. The predicted octanol–water partition coefficient (Wildman–Crippen LogP) is 2.66. The number of hydrogen-bond donors (Lipinski definition) is 2. The van der Waals surface area contributed by atoms with Crippen LogP contribution in [0.1, 0.15) is 18.4 Å². The average molecular weight is 304 g/mol. The van der Waals surface area contributed by atoms with Gasteiger partial charge in [-0.05, 0) is 37.2 Å². The first-order chi connectivity index (χ1) is 9.93. The maximum Gasteiger partial charge on any atom is 0.416 e. The second kappa shape index (κ2) is 8.63. The van der Waals surface area contributed by atoms with E-state index in [1.165, 1.54) is 12.1 Å². The van der Waals surface area contributed by atoms with Crippen LogP contribution in [0.15, 0.2) is 24.3 Å². The maximum atomic E-state index is 12.4. The number of rotatable bonds is 8. The van der Waals surface area contributed by atoms with Gasteiger partial charge in [-0.1, -0.05) is 0 Å². The largest absolute Gasteiger partial charge is 0.416 e. The molecule has 0 heterocycles. The lowest BCUT2D eigenvalue weighted by molar-refractivity contribution is -0.137. The summed E-state index contributed by atoms with van der Waals surface area (Å²) in [4.78, 5) is 11.6. The molecule has 0 aliphatic heterocycles. The molecular formula is C14H19F3N2O2. The van der Waals surface area contributed by atoms with Crippen molar-refractivity contribution in [3.63, 3.8) is 0 Å². The molecule has 0 aromatic heterocycles. The molecule has 0 radical (unpaired) electrons. The molecule has 0 bridgehead atoms. The van der Waals surface area contributed by atoms with E-state index < -0.39 is 11.7 Å². The van der Waals surface area contributed by atoms with Gasteiger partial charge in [0.15, 0.2) is 0 Å². The van der Waals surface area contributed by atoms with Gasteiger partial charge in [0.05, 0.1) is 5.56 Å². The Bertz CT molecular complexity index is 433. The molecule has 1 rings (SSSR count). The number of alkyl halides is 3. The molecule has 0 unspecified atom stereocenters. The minimum absolute atomic E-state index is 0.242. The second-order valence-electron chi connectivity index (χ2n) is 4.47. The SMILES string of the molecule is COCCCNCCC(=O)Nc1ccc(C(F)(F)F)cc1. The standard InChI is InChI=1S/C14H19F3N2O2/c1-21-10-2-8-18-9-7-13(20)19-12-5-3-11(4-6-12)14(15,16)17/h3-6,18H,2,7-10H2,1H3,(H,19,20). The molecule has 0 aliphatic rings. The molecule has 0 saturated carbocycles. The van der Waals surface area contributed by atoms with Crippen molar-refractivity contribution in [3.05, 3.63) is 29.8 Å². The molecule has 0 saturated heterocycles. The van der Waals surface area contributed by atoms with E-state index in [4.69, 9.17) is 4.74 Å². The van der Waals surface area contributed by atoms with Gasteiger partial charge in [-0.2, -0.15) is 13.2 Å². The number of nitrogens with one attached hydrogen (secondary N) is 2. The third kappa shape index (κ3) is 7.10. The number of ether oxygens (including phenoxy) is 1. The molecule has 0 spiro atoms. The number of amides is 1. The Morgan fingerprint density at radius 1 is 1.19 bits per heavy atom. The Kier molecular flexibility index (Phi) is 7.18. The summed E-state index contributed by atoms with van der Waals surface area (Å²) in [7, 11) is 1.62. The highest BCUT2D eigenvalue weighted by Gasteiger charge is 2.29. The number of anilines is 1. The zero-order chi connectivity index (χ0) is 15.7. The van der Waals surface area contributed by atoms with E-state index in [9.17, 15) is 18.0 Å². The average Bonchev–Trinajstić information content (AvgIpc) is 2.42. The van der Waals surface area contributed by atoms with Crippen LogP contribution in [-0.2, 0) is 15.7 Å². The lowest BCUT2D eigenvalue weighted by Crippen LogP contribution is -2.23. The summed E-state index contributed by atoms with van der Waals surface area (Å²) in [5.41, 5.74) is -0.382. The number of hydrogen-bond acceptors (Lipinski definition) is 3. The molecule has 7 heteroatoms. The topological polar surface area (TPSA) is 50.4 Å². The molecule has 118 valence electrons. The molecule has 0 aliphatic carbocycles. The van der Waals surface area contributed by atoms with Crippen molar-refractivity contribution in [1.82, 2.24) is 5.32 Å². The molecule has 21 heavy (non-hydrogen) atoms. The Labute approximate surface area is 121 Å². The Hall–Kier alpha value is -1.60. The van der Waals surface area contributed by atoms with Crippen LogP contribution in [0.4, 0.5) is 18.9 Å². The third-order valence-electron chi connectivity index (χ3n) is 2.73. The molecule has 0 fully saturated rings. The molecule has 2 N–H and O–H groups in total. The fourth-order valence-corrected chi connectivity index (χ4v) is 1.63. The lowest BCUT2D eigenvalue weighted by atomic mass is 10.2. The van der Waals surface area contributed by atoms with Gasteiger partial charge < -0.3 is 15.4 Å². The van der Waals surface area contributed by atoms with Crippen molar-refractivity contribution in [1.29, 1.82) is 0 Å². The van der Waals surface area contributed by atoms with E-state index in [1.54, 1.807) is 7.11 Å². The number of benzene rings is 1. The van der Waals surface area contributed by atoms with Crippen molar-refractivity contribution in [2.24, 2.45) is 0 Å². The quantitative estimate of drug-likeness (QED) is 0.726. The highest BCUT2D eigenvalue weighted by Crippen LogP contribution is 2.29. The highest BCUT2D eigenvalue weighted by molar-refractivity contribution is 5.90. The number of halogens is 3. The van der Waals surface area contributed by atoms with Gasteiger partial charge in [0.25, 0.3) is 0 Å². The fraction of sp³-hybridized carbons (Fsp3) is 0.500. The van der Waals surface area contributed by atoms with E-state index in [0.717, 1.165) is 25.1 Å². The Morgan fingerprint density at radius 2 is 1.86 bits per heavy atom. The fourth-order valence-electron chi connectivity index (χ4n) is 1.63. The molecule has 1 aromatic carbocycles. The predicted molar refractivity (Wildman–Crippen MR) is 74.1 cm³/mol. The van der Waals surface area contributed by atoms with Gasteiger partial charge in [-0.15, -0.1) is 0 Å². The first-order valence-electron chi connectivity index (χ1n) is 6.60. The third-order valence-corrected chi connectivity index (χ3v) is 2.73. The minimum Gasteiger partial charge on any atom is -0.385 e. The van der Waals surface area contributed by atoms with Gasteiger partial charge in [-0.3, -0.25) is 4.79 Å². The summed E-state index contributed by atoms with van der Waals surface area (Å²) in [6, 6.07) is 4.37. The lowest BCUT2D eigenvalue weighted by Gasteiger charge is -2.09. The zero-order valence-electron chi connectivity index (χ0n) is 11.8. The zero-order valence-corrected chi connectivity index (χ0v) is 11.8. The van der Waals surface area contributed by atoms with E-state index in [-0.39, 0.29) is 12.3 Å². The summed E-state index contributed by atoms with van der Waals surface area (Å²) in [6.45, 7) is 1.92. The summed E-state index contributed by atoms with van der Waals surface area (Å²) in [5, 5.41) is 5.63. The summed E-state index contributed by atoms with van der Waals surface area (Å²) >= 11 is 0. The summed E-state index contributed by atoms with van der Waals surface area (Å²) in [5.74, 6) is -0.242. The number of carbonyl (C=O) groups is 1. The van der Waals surface area contributed by atoms with Crippen LogP contribution in [-0.4, -0.2) is 32.7 Å². The van der Waals surface area contributed by atoms with Gasteiger partial charge in [0.1, 0.15) is 0 Å².